The van der Waals surface area contributed by atoms with Gasteiger partial charge in [0.2, 0.25) is 11.9 Å². The number of nitrogens with zero attached hydrogens (tertiary/aromatic N) is 4. The molecule has 0 fully saturated rings. The number of fused-ring (bicyclic) bond motifs is 2. The minimum atomic E-state index is -1.86. The number of H-pyrrole nitrogens is 2. The fourth-order valence-electron chi connectivity index (χ4n) is 5.89. The molecule has 4 heterocycles. The van der Waals surface area contributed by atoms with Crippen LogP contribution in [-0.2, 0) is 30.5 Å². The van der Waals surface area contributed by atoms with Gasteiger partial charge in [-0.05, 0) is 61.4 Å². The Labute approximate surface area is 405 Å². The number of aromatic amines is 2. The Morgan fingerprint density at radius 1 is 0.806 bits per heavy atom. The smallest absolute Gasteiger partial charge is 0.550 e. The zero-order valence-corrected chi connectivity index (χ0v) is 36.9. The maximum atomic E-state index is 12.4. The van der Waals surface area contributed by atoms with E-state index in [0.717, 1.165) is 5.94 Å². The SMILES string of the molecule is Nc1nc2c(c(=O)[nH]1)NC(CNc1ccc(C(=O)N[C@@H](CC(=C=O)C(=O)[O-])C(=O)O)cc1)CN2.Nc1nc2ncc(CNc3ccc(C(=O)N[C@@H](CCC(=O)[O-])C(=O)O)cc3)nc2c(=O)[nH]1.[Ca+2]. The van der Waals surface area contributed by atoms with Crippen LogP contribution < -0.4 is 64.7 Å². The van der Waals surface area contributed by atoms with Gasteiger partial charge in [0.25, 0.3) is 22.9 Å². The maximum absolute atomic E-state index is 12.4. The fourth-order valence-corrected chi connectivity index (χ4v) is 5.89. The van der Waals surface area contributed by atoms with Gasteiger partial charge in [-0.25, -0.2) is 24.4 Å². The van der Waals surface area contributed by atoms with E-state index in [-0.39, 0.29) is 96.6 Å². The number of carbonyl (C=O) groups is 6. The van der Waals surface area contributed by atoms with Gasteiger partial charge in [0, 0.05) is 48.0 Å². The number of rotatable bonds is 18. The van der Waals surface area contributed by atoms with E-state index < -0.39 is 77.3 Å². The van der Waals surface area contributed by atoms with Crippen molar-refractivity contribution < 1.29 is 54.0 Å². The molecule has 6 rings (SSSR count). The van der Waals surface area contributed by atoms with Crippen LogP contribution in [0.4, 0.5) is 34.8 Å². The van der Waals surface area contributed by atoms with Crippen molar-refractivity contribution in [3.8, 4) is 0 Å². The number of carboxylic acids is 4. The second-order valence-corrected chi connectivity index (χ2v) is 14.0. The van der Waals surface area contributed by atoms with Crippen molar-refractivity contribution in [2.24, 2.45) is 0 Å². The Kier molecular flexibility index (Phi) is 18.2. The average molecular weight is 951 g/mol. The summed E-state index contributed by atoms with van der Waals surface area (Å²) in [6.07, 6.45) is -0.112. The standard InChI is InChI=1S/C20H21N7O7.C19H19N7O6.Ca/c21-20-26-15-14(17(30)27-20)24-12(7-23-15)6-22-11-3-1-9(2-4-11)16(29)25-13(19(33)34)5-10(8-28)18(31)32;20-19-25-15-14(17(30)26-19)23-11(8-22-15)7-21-10-3-1-9(2-4-10)16(29)24-12(18(31)32)5-6-13(27)28;/h1-4,12-13,22,24H,5-7H2,(H,25,29)(H,31,32)(H,33,34)(H4,21,23,26,27,30);1-4,8,12,21H,5-7H2,(H,24,29)(H,27,28)(H,31,32)(H3,20,22,25,26,30);/q;;+2/p-2/t12?,13-;12-;/m00./s1. The number of nitrogen functional groups attached to an aromatic ring is 2. The van der Waals surface area contributed by atoms with Gasteiger partial charge in [0.1, 0.15) is 23.7 Å². The van der Waals surface area contributed by atoms with Crippen molar-refractivity contribution in [3.05, 3.63) is 97.8 Å². The van der Waals surface area contributed by atoms with Gasteiger partial charge in [-0.2, -0.15) is 9.97 Å². The molecule has 2 aromatic carbocycles. The summed E-state index contributed by atoms with van der Waals surface area (Å²) >= 11 is 0. The third-order valence-corrected chi connectivity index (χ3v) is 9.23. The van der Waals surface area contributed by atoms with Crippen LogP contribution in [0.3, 0.4) is 0 Å². The molecule has 2 amide bonds. The van der Waals surface area contributed by atoms with E-state index in [1.165, 1.54) is 30.5 Å². The summed E-state index contributed by atoms with van der Waals surface area (Å²) in [6, 6.07) is 9.00. The molecule has 28 heteroatoms. The van der Waals surface area contributed by atoms with Gasteiger partial charge < -0.3 is 73.4 Å². The number of benzene rings is 2. The molecule has 67 heavy (non-hydrogen) atoms. The molecule has 3 aromatic heterocycles. The molecule has 14 N–H and O–H groups in total. The van der Waals surface area contributed by atoms with Crippen LogP contribution in [0.25, 0.3) is 11.2 Å². The maximum Gasteiger partial charge on any atom is 2.00 e. The predicted molar refractivity (Wildman–Crippen MR) is 233 cm³/mol. The van der Waals surface area contributed by atoms with Crippen LogP contribution in [0.5, 0.6) is 0 Å². The Morgan fingerprint density at radius 3 is 1.94 bits per heavy atom. The summed E-state index contributed by atoms with van der Waals surface area (Å²) in [5, 5.41) is 56.4. The minimum absolute atomic E-state index is 0. The number of nitrogens with two attached hydrogens (primary N) is 2. The zero-order chi connectivity index (χ0) is 48.1. The molecular weight excluding hydrogens is 913 g/mol. The molecule has 0 radical (unpaired) electrons. The molecule has 344 valence electrons. The molecular formula is C39H38CaN14O13. The quantitative estimate of drug-likeness (QED) is 0.0226. The first-order valence-electron chi connectivity index (χ1n) is 19.2. The predicted octanol–water partition coefficient (Wildman–Crippen LogP) is -4.01. The van der Waals surface area contributed by atoms with E-state index in [0.29, 0.717) is 36.0 Å². The van der Waals surface area contributed by atoms with Crippen molar-refractivity contribution in [1.82, 2.24) is 40.5 Å². The number of aromatic nitrogens is 6. The number of hydrogen-bond donors (Lipinski definition) is 12. The summed E-state index contributed by atoms with van der Waals surface area (Å²) in [5.41, 5.74) is 11.7. The molecule has 0 saturated carbocycles. The first-order valence-corrected chi connectivity index (χ1v) is 19.2. The third-order valence-electron chi connectivity index (χ3n) is 9.23. The molecule has 1 unspecified atom stereocenters. The zero-order valence-electron chi connectivity index (χ0n) is 34.7. The number of amides is 2. The Bertz CT molecular complexity index is 2840. The van der Waals surface area contributed by atoms with E-state index >= 15 is 0 Å². The molecule has 0 bridgehead atoms. The van der Waals surface area contributed by atoms with Crippen LogP contribution >= 0.6 is 0 Å². The first kappa shape index (κ1) is 51.5. The molecule has 0 aliphatic carbocycles. The fraction of sp³-hybridized carbons (Fsp3) is 0.231. The second kappa shape index (κ2) is 23.7. The van der Waals surface area contributed by atoms with Crippen molar-refractivity contribution in [1.29, 1.82) is 0 Å². The van der Waals surface area contributed by atoms with Gasteiger partial charge >= 0.3 is 49.7 Å². The van der Waals surface area contributed by atoms with Gasteiger partial charge in [0.05, 0.1) is 36.0 Å². The average Bonchev–Trinajstić information content (AvgIpc) is 3.27. The number of anilines is 6. The summed E-state index contributed by atoms with van der Waals surface area (Å²) in [6.45, 7) is 1.10. The topological polar surface area (TPSA) is 448 Å². The number of nitrogens with one attached hydrogen (secondary N) is 8. The van der Waals surface area contributed by atoms with Crippen molar-refractivity contribution in [3.63, 3.8) is 0 Å². The van der Waals surface area contributed by atoms with Crippen molar-refractivity contribution in [2.45, 2.75) is 43.9 Å². The molecule has 3 atom stereocenters. The third kappa shape index (κ3) is 14.7. The van der Waals surface area contributed by atoms with Crippen LogP contribution in [0, 0.1) is 0 Å². The van der Waals surface area contributed by atoms with E-state index in [2.05, 4.69) is 61.8 Å². The van der Waals surface area contributed by atoms with Crippen LogP contribution in [0.1, 0.15) is 45.7 Å². The molecule has 5 aromatic rings. The van der Waals surface area contributed by atoms with Crippen molar-refractivity contribution >= 4 is 125 Å². The molecule has 1 aliphatic heterocycles. The molecule has 0 saturated heterocycles. The summed E-state index contributed by atoms with van der Waals surface area (Å²) in [4.78, 5) is 124. The van der Waals surface area contributed by atoms with Crippen molar-refractivity contribution in [2.75, 3.05) is 45.8 Å². The van der Waals surface area contributed by atoms with E-state index in [1.54, 1.807) is 24.3 Å². The van der Waals surface area contributed by atoms with E-state index in [9.17, 15) is 58.5 Å². The Morgan fingerprint density at radius 2 is 1.37 bits per heavy atom. The number of aliphatic carboxylic acids is 4. The number of hydrogen-bond acceptors (Lipinski definition) is 21. The van der Waals surface area contributed by atoms with Gasteiger partial charge in [-0.15, -0.1) is 0 Å². The monoisotopic (exact) mass is 950 g/mol. The van der Waals surface area contributed by atoms with E-state index in [4.69, 9.17) is 16.6 Å². The van der Waals surface area contributed by atoms with Gasteiger partial charge in [-0.1, -0.05) is 0 Å². The van der Waals surface area contributed by atoms with E-state index in [1.807, 2.05) is 0 Å². The van der Waals surface area contributed by atoms with Crippen LogP contribution in [0.2, 0.25) is 0 Å². The summed E-state index contributed by atoms with van der Waals surface area (Å²) in [5.74, 6) is -6.14. The number of carboxylic acid groups (broad SMARTS) is 4. The summed E-state index contributed by atoms with van der Waals surface area (Å²) in [7, 11) is 0. The minimum Gasteiger partial charge on any atom is -0.550 e. The molecule has 0 spiro atoms. The second-order valence-electron chi connectivity index (χ2n) is 14.0. The first-order chi connectivity index (χ1) is 31.4. The van der Waals surface area contributed by atoms with Gasteiger partial charge in [0.15, 0.2) is 17.0 Å². The normalized spacial score (nSPS) is 13.1. The largest absolute Gasteiger partial charge is 2.00 e. The number of carbonyl (C=O) groups excluding carboxylic acids is 5. The Hall–Kier alpha value is -8.13. The molecule has 27 nitrogen and oxygen atoms in total. The Balaban J connectivity index is 0.000000289. The van der Waals surface area contributed by atoms with Crippen LogP contribution in [-0.4, -0.2) is 151 Å². The molecule has 1 aliphatic rings. The summed E-state index contributed by atoms with van der Waals surface area (Å²) < 4.78 is 0. The van der Waals surface area contributed by atoms with Crippen LogP contribution in [0.15, 0.2) is 69.9 Å². The van der Waals surface area contributed by atoms with Gasteiger partial charge in [-0.3, -0.25) is 29.1 Å².